The van der Waals surface area contributed by atoms with E-state index in [1.165, 1.54) is 4.90 Å². The van der Waals surface area contributed by atoms with Gasteiger partial charge in [0, 0.05) is 6.54 Å². The van der Waals surface area contributed by atoms with Crippen molar-refractivity contribution in [2.24, 2.45) is 0 Å². The number of hydrogen-bond acceptors (Lipinski definition) is 4. The Morgan fingerprint density at radius 2 is 1.73 bits per heavy atom. The first-order chi connectivity index (χ1) is 12.4. The third-order valence-electron chi connectivity index (χ3n) is 4.62. The van der Waals surface area contributed by atoms with Crippen molar-refractivity contribution in [3.8, 4) is 5.75 Å². The van der Waals surface area contributed by atoms with Crippen LogP contribution in [0.4, 0.5) is 4.79 Å². The molecule has 6 heteroatoms. The van der Waals surface area contributed by atoms with E-state index in [0.717, 1.165) is 16.9 Å². The molecule has 136 valence electrons. The van der Waals surface area contributed by atoms with Gasteiger partial charge >= 0.3 is 6.03 Å². The van der Waals surface area contributed by atoms with E-state index in [2.05, 4.69) is 5.32 Å². The summed E-state index contributed by atoms with van der Waals surface area (Å²) in [4.78, 5) is 28.5. The van der Waals surface area contributed by atoms with E-state index < -0.39 is 5.54 Å². The third kappa shape index (κ3) is 3.41. The highest BCUT2D eigenvalue weighted by Gasteiger charge is 2.49. The molecule has 3 amide bonds. The summed E-state index contributed by atoms with van der Waals surface area (Å²) in [6, 6.07) is 16.6. The number of urea groups is 1. The Hall–Kier alpha value is -2.86. The fraction of sp³-hybridized carbons (Fsp3) is 0.300. The second-order valence-electron chi connectivity index (χ2n) is 6.66. The van der Waals surface area contributed by atoms with Crippen molar-refractivity contribution in [2.45, 2.75) is 19.0 Å². The maximum absolute atomic E-state index is 12.9. The first-order valence-corrected chi connectivity index (χ1v) is 8.45. The van der Waals surface area contributed by atoms with E-state index in [0.29, 0.717) is 6.54 Å². The topological polar surface area (TPSA) is 61.9 Å². The summed E-state index contributed by atoms with van der Waals surface area (Å²) in [5.74, 6) is 0.555. The number of methoxy groups -OCH3 is 1. The van der Waals surface area contributed by atoms with E-state index in [-0.39, 0.29) is 18.6 Å². The van der Waals surface area contributed by atoms with Gasteiger partial charge in [0.15, 0.2) is 0 Å². The van der Waals surface area contributed by atoms with Crippen LogP contribution in [0.15, 0.2) is 54.6 Å². The number of hydrogen-bond donors (Lipinski definition) is 1. The second-order valence-corrected chi connectivity index (χ2v) is 6.66. The Morgan fingerprint density at radius 1 is 1.08 bits per heavy atom. The second kappa shape index (κ2) is 7.17. The zero-order valence-electron chi connectivity index (χ0n) is 15.2. The van der Waals surface area contributed by atoms with E-state index in [1.807, 2.05) is 66.5 Å². The molecule has 0 radical (unpaired) electrons. The van der Waals surface area contributed by atoms with Crippen LogP contribution in [0.5, 0.6) is 5.75 Å². The van der Waals surface area contributed by atoms with Gasteiger partial charge in [-0.2, -0.15) is 0 Å². The summed E-state index contributed by atoms with van der Waals surface area (Å²) < 4.78 is 5.16. The van der Waals surface area contributed by atoms with Gasteiger partial charge in [-0.25, -0.2) is 9.69 Å². The maximum atomic E-state index is 12.9. The number of amides is 3. The molecule has 1 heterocycles. The van der Waals surface area contributed by atoms with Crippen molar-refractivity contribution in [3.63, 3.8) is 0 Å². The molecule has 1 saturated heterocycles. The standard InChI is InChI=1S/C20H23N3O3/c1-20(16-7-5-4-6-8-16)18(24)23(19(25)21-20)14-22(2)13-15-9-11-17(26-3)12-10-15/h4-12H,13-14H2,1-3H3,(H,21,25)/t20-/m0/s1. The van der Waals surface area contributed by atoms with Gasteiger partial charge in [-0.3, -0.25) is 9.69 Å². The molecule has 2 aromatic rings. The molecule has 0 aliphatic carbocycles. The Morgan fingerprint density at radius 3 is 2.35 bits per heavy atom. The molecule has 0 unspecified atom stereocenters. The van der Waals surface area contributed by atoms with Crippen LogP contribution in [0.3, 0.4) is 0 Å². The van der Waals surface area contributed by atoms with Crippen LogP contribution in [0.2, 0.25) is 0 Å². The number of imide groups is 1. The zero-order valence-corrected chi connectivity index (χ0v) is 15.2. The van der Waals surface area contributed by atoms with Crippen LogP contribution >= 0.6 is 0 Å². The highest BCUT2D eigenvalue weighted by atomic mass is 16.5. The molecule has 0 saturated carbocycles. The van der Waals surface area contributed by atoms with Crippen LogP contribution in [0, 0.1) is 0 Å². The monoisotopic (exact) mass is 353 g/mol. The van der Waals surface area contributed by atoms with Crippen molar-refractivity contribution >= 4 is 11.9 Å². The molecule has 1 atom stereocenters. The Kier molecular flexibility index (Phi) is 4.95. The maximum Gasteiger partial charge on any atom is 0.326 e. The SMILES string of the molecule is COc1ccc(CN(C)CN2C(=O)N[C@@](C)(c3ccccc3)C2=O)cc1. The molecule has 26 heavy (non-hydrogen) atoms. The van der Waals surface area contributed by atoms with Gasteiger partial charge in [0.1, 0.15) is 11.3 Å². The van der Waals surface area contributed by atoms with Crippen molar-refractivity contribution in [1.82, 2.24) is 15.1 Å². The summed E-state index contributed by atoms with van der Waals surface area (Å²) in [5.41, 5.74) is 0.823. The van der Waals surface area contributed by atoms with E-state index in [4.69, 9.17) is 4.74 Å². The fourth-order valence-corrected chi connectivity index (χ4v) is 3.13. The molecule has 2 aromatic carbocycles. The Labute approximate surface area is 153 Å². The zero-order chi connectivity index (χ0) is 18.7. The molecule has 0 bridgehead atoms. The molecular formula is C20H23N3O3. The molecule has 1 aliphatic heterocycles. The van der Waals surface area contributed by atoms with E-state index in [9.17, 15) is 9.59 Å². The molecule has 3 rings (SSSR count). The van der Waals surface area contributed by atoms with Gasteiger partial charge in [0.25, 0.3) is 5.91 Å². The average molecular weight is 353 g/mol. The largest absolute Gasteiger partial charge is 0.497 e. The van der Waals surface area contributed by atoms with Gasteiger partial charge in [0.05, 0.1) is 13.8 Å². The lowest BCUT2D eigenvalue weighted by molar-refractivity contribution is -0.132. The number of carbonyl (C=O) groups is 2. The minimum atomic E-state index is -1.03. The van der Waals surface area contributed by atoms with E-state index in [1.54, 1.807) is 14.0 Å². The molecule has 1 aliphatic rings. The average Bonchev–Trinajstić information content (AvgIpc) is 2.87. The number of nitrogens with zero attached hydrogens (tertiary/aromatic N) is 2. The summed E-state index contributed by atoms with van der Waals surface area (Å²) in [5, 5.41) is 2.82. The van der Waals surface area contributed by atoms with Crippen LogP contribution in [-0.4, -0.2) is 42.6 Å². The van der Waals surface area contributed by atoms with Crippen molar-refractivity contribution in [3.05, 3.63) is 65.7 Å². The smallest absolute Gasteiger partial charge is 0.326 e. The van der Waals surface area contributed by atoms with Gasteiger partial charge in [-0.05, 0) is 37.2 Å². The van der Waals surface area contributed by atoms with Crippen LogP contribution < -0.4 is 10.1 Å². The van der Waals surface area contributed by atoms with Gasteiger partial charge in [-0.15, -0.1) is 0 Å². The van der Waals surface area contributed by atoms with Gasteiger partial charge < -0.3 is 10.1 Å². The first kappa shape index (κ1) is 17.9. The summed E-state index contributed by atoms with van der Waals surface area (Å²) in [7, 11) is 3.51. The Bertz CT molecular complexity index is 792. The van der Waals surface area contributed by atoms with Crippen LogP contribution in [0.1, 0.15) is 18.1 Å². The molecule has 0 aromatic heterocycles. The lowest BCUT2D eigenvalue weighted by Gasteiger charge is -2.24. The van der Waals surface area contributed by atoms with E-state index >= 15 is 0 Å². The third-order valence-corrected chi connectivity index (χ3v) is 4.62. The van der Waals surface area contributed by atoms with Crippen molar-refractivity contribution in [1.29, 1.82) is 0 Å². The normalized spacial score (nSPS) is 19.8. The van der Waals surface area contributed by atoms with Gasteiger partial charge in [-0.1, -0.05) is 42.5 Å². The van der Waals surface area contributed by atoms with Crippen LogP contribution in [-0.2, 0) is 16.9 Å². The molecule has 0 spiro atoms. The predicted octanol–water partition coefficient (Wildman–Crippen LogP) is 2.55. The van der Waals surface area contributed by atoms with Crippen molar-refractivity contribution in [2.75, 3.05) is 20.8 Å². The number of carbonyl (C=O) groups excluding carboxylic acids is 2. The number of ether oxygens (including phenoxy) is 1. The minimum Gasteiger partial charge on any atom is -0.497 e. The predicted molar refractivity (Wildman–Crippen MR) is 98.5 cm³/mol. The highest BCUT2D eigenvalue weighted by Crippen LogP contribution is 2.28. The lowest BCUT2D eigenvalue weighted by atomic mass is 9.92. The molecule has 1 N–H and O–H groups in total. The number of benzene rings is 2. The quantitative estimate of drug-likeness (QED) is 0.811. The lowest BCUT2D eigenvalue weighted by Crippen LogP contribution is -2.42. The summed E-state index contributed by atoms with van der Waals surface area (Å²) in [6.45, 7) is 2.58. The highest BCUT2D eigenvalue weighted by molar-refractivity contribution is 6.07. The summed E-state index contributed by atoms with van der Waals surface area (Å²) in [6.07, 6.45) is 0. The van der Waals surface area contributed by atoms with Crippen molar-refractivity contribution < 1.29 is 14.3 Å². The molecule has 1 fully saturated rings. The Balaban J connectivity index is 1.69. The fourth-order valence-electron chi connectivity index (χ4n) is 3.13. The first-order valence-electron chi connectivity index (χ1n) is 8.45. The summed E-state index contributed by atoms with van der Waals surface area (Å²) >= 11 is 0. The number of nitrogens with one attached hydrogen (secondary N) is 1. The molecule has 6 nitrogen and oxygen atoms in total. The van der Waals surface area contributed by atoms with Gasteiger partial charge in [0.2, 0.25) is 0 Å². The molecular weight excluding hydrogens is 330 g/mol. The van der Waals surface area contributed by atoms with Crippen LogP contribution in [0.25, 0.3) is 0 Å². The number of rotatable bonds is 6. The minimum absolute atomic E-state index is 0.221.